The van der Waals surface area contributed by atoms with Crippen molar-refractivity contribution >= 4 is 49.7 Å². The minimum Gasteiger partial charge on any atom is -0.372 e. The van der Waals surface area contributed by atoms with Gasteiger partial charge in [0, 0.05) is 24.8 Å². The summed E-state index contributed by atoms with van der Waals surface area (Å²) in [6.45, 7) is 3.87. The predicted molar refractivity (Wildman–Crippen MR) is 131 cm³/mol. The Labute approximate surface area is 202 Å². The van der Waals surface area contributed by atoms with Crippen molar-refractivity contribution in [2.75, 3.05) is 23.3 Å². The number of nitrogens with one attached hydrogen (secondary N) is 2. The normalized spacial score (nSPS) is 15.3. The Kier molecular flexibility index (Phi) is 7.28. The molecule has 1 amide bonds. The van der Waals surface area contributed by atoms with Gasteiger partial charge in [-0.2, -0.15) is 0 Å². The summed E-state index contributed by atoms with van der Waals surface area (Å²) in [5, 5.41) is 10.4. The predicted octanol–water partition coefficient (Wildman–Crippen LogP) is 4.47. The van der Waals surface area contributed by atoms with Crippen molar-refractivity contribution in [1.82, 2.24) is 14.9 Å². The number of anilines is 2. The van der Waals surface area contributed by atoms with Gasteiger partial charge in [-0.1, -0.05) is 47.2 Å². The standard InChI is InChI=1S/C22H24ClN5O3S2/c1-15(16-9-11-17(12-10-16)28-13-5-2-6-14-28)27-33(30,31)22-26-25-21(32-22)24-20(29)18-7-3-4-8-19(18)23/h3-4,7-12,15,27H,2,5-6,13-14H2,1H3,(H,24,25,29)/t15-/m0/s1. The SMILES string of the molecule is C[C@H](NS(=O)(=O)c1nnc(NC(=O)c2ccccc2Cl)s1)c1ccc(N2CCCCC2)cc1. The molecule has 1 aliphatic heterocycles. The van der Waals surface area contributed by atoms with Crippen molar-refractivity contribution in [2.45, 2.75) is 36.6 Å². The molecule has 1 aromatic heterocycles. The monoisotopic (exact) mass is 505 g/mol. The van der Waals surface area contributed by atoms with E-state index >= 15 is 0 Å². The fourth-order valence-electron chi connectivity index (χ4n) is 3.66. The van der Waals surface area contributed by atoms with Gasteiger partial charge in [0.05, 0.1) is 10.6 Å². The highest BCUT2D eigenvalue weighted by atomic mass is 35.5. The Balaban J connectivity index is 1.41. The van der Waals surface area contributed by atoms with Gasteiger partial charge in [-0.3, -0.25) is 10.1 Å². The largest absolute Gasteiger partial charge is 0.372 e. The van der Waals surface area contributed by atoms with Crippen LogP contribution in [-0.2, 0) is 10.0 Å². The Morgan fingerprint density at radius 3 is 2.45 bits per heavy atom. The molecule has 0 aliphatic carbocycles. The fraction of sp³-hybridized carbons (Fsp3) is 0.318. The molecule has 33 heavy (non-hydrogen) atoms. The molecule has 0 unspecified atom stereocenters. The average molecular weight is 506 g/mol. The number of rotatable bonds is 7. The molecule has 3 aromatic rings. The van der Waals surface area contributed by atoms with Crippen LogP contribution in [0.5, 0.6) is 0 Å². The number of aromatic nitrogens is 2. The van der Waals surface area contributed by atoms with Crippen molar-refractivity contribution in [3.8, 4) is 0 Å². The Bertz CT molecular complexity index is 1220. The van der Waals surface area contributed by atoms with E-state index in [1.165, 1.54) is 19.3 Å². The zero-order chi connectivity index (χ0) is 23.4. The molecule has 0 radical (unpaired) electrons. The maximum Gasteiger partial charge on any atom is 0.270 e. The highest BCUT2D eigenvalue weighted by Gasteiger charge is 2.24. The molecule has 0 spiro atoms. The molecule has 2 aromatic carbocycles. The summed E-state index contributed by atoms with van der Waals surface area (Å²) in [6.07, 6.45) is 3.66. The van der Waals surface area contributed by atoms with E-state index in [1.54, 1.807) is 31.2 Å². The summed E-state index contributed by atoms with van der Waals surface area (Å²) in [6, 6.07) is 14.0. The topological polar surface area (TPSA) is 104 Å². The molecule has 2 N–H and O–H groups in total. The first-order valence-electron chi connectivity index (χ1n) is 10.6. The lowest BCUT2D eigenvalue weighted by atomic mass is 10.1. The van der Waals surface area contributed by atoms with Gasteiger partial charge in [0.15, 0.2) is 0 Å². The van der Waals surface area contributed by atoms with Crippen LogP contribution in [0.25, 0.3) is 0 Å². The number of carbonyl (C=O) groups is 1. The molecular weight excluding hydrogens is 482 g/mol. The Morgan fingerprint density at radius 1 is 1.06 bits per heavy atom. The summed E-state index contributed by atoms with van der Waals surface area (Å²) in [7, 11) is -3.92. The summed E-state index contributed by atoms with van der Waals surface area (Å²) < 4.78 is 28.0. The number of nitrogens with zero attached hydrogens (tertiary/aromatic N) is 3. The second-order valence-electron chi connectivity index (χ2n) is 7.79. The van der Waals surface area contributed by atoms with Crippen molar-refractivity contribution in [1.29, 1.82) is 0 Å². The highest BCUT2D eigenvalue weighted by Crippen LogP contribution is 2.26. The second-order valence-corrected chi connectivity index (χ2v) is 11.1. The number of hydrogen-bond acceptors (Lipinski definition) is 7. The summed E-state index contributed by atoms with van der Waals surface area (Å²) in [5.41, 5.74) is 2.26. The number of piperidine rings is 1. The Morgan fingerprint density at radius 2 is 1.76 bits per heavy atom. The first-order chi connectivity index (χ1) is 15.8. The van der Waals surface area contributed by atoms with Gasteiger partial charge in [0.25, 0.3) is 15.9 Å². The molecule has 4 rings (SSSR count). The molecule has 2 heterocycles. The first-order valence-corrected chi connectivity index (χ1v) is 13.3. The van der Waals surface area contributed by atoms with E-state index in [1.807, 2.05) is 24.3 Å². The van der Waals surface area contributed by atoms with E-state index < -0.39 is 22.0 Å². The van der Waals surface area contributed by atoms with Gasteiger partial charge < -0.3 is 4.90 Å². The third-order valence-electron chi connectivity index (χ3n) is 5.42. The molecule has 1 aliphatic rings. The molecular formula is C22H24ClN5O3S2. The quantitative estimate of drug-likeness (QED) is 0.459. The third-order valence-corrected chi connectivity index (χ3v) is 8.50. The fourth-order valence-corrected chi connectivity index (χ4v) is 6.02. The van der Waals surface area contributed by atoms with Crippen LogP contribution in [0, 0.1) is 0 Å². The van der Waals surface area contributed by atoms with Gasteiger partial charge in [-0.05, 0) is 56.0 Å². The van der Waals surface area contributed by atoms with E-state index in [9.17, 15) is 13.2 Å². The van der Waals surface area contributed by atoms with Gasteiger partial charge in [0.2, 0.25) is 9.47 Å². The van der Waals surface area contributed by atoms with Crippen molar-refractivity contribution in [3.05, 3.63) is 64.7 Å². The van der Waals surface area contributed by atoms with Gasteiger partial charge in [-0.15, -0.1) is 10.2 Å². The number of halogens is 1. The highest BCUT2D eigenvalue weighted by molar-refractivity contribution is 7.91. The Hall–Kier alpha value is -2.53. The lowest BCUT2D eigenvalue weighted by Gasteiger charge is -2.29. The van der Waals surface area contributed by atoms with E-state index in [2.05, 4.69) is 25.1 Å². The molecule has 0 saturated carbocycles. The van der Waals surface area contributed by atoms with E-state index in [0.29, 0.717) is 0 Å². The van der Waals surface area contributed by atoms with Crippen LogP contribution >= 0.6 is 22.9 Å². The van der Waals surface area contributed by atoms with Crippen LogP contribution in [0.3, 0.4) is 0 Å². The van der Waals surface area contributed by atoms with E-state index in [4.69, 9.17) is 11.6 Å². The van der Waals surface area contributed by atoms with Crippen LogP contribution in [-0.4, -0.2) is 37.6 Å². The van der Waals surface area contributed by atoms with E-state index in [-0.39, 0.29) is 20.1 Å². The number of hydrogen-bond donors (Lipinski definition) is 2. The summed E-state index contributed by atoms with van der Waals surface area (Å²) in [4.78, 5) is 14.7. The van der Waals surface area contributed by atoms with Crippen LogP contribution in [0.1, 0.15) is 48.1 Å². The van der Waals surface area contributed by atoms with Crippen LogP contribution < -0.4 is 14.9 Å². The average Bonchev–Trinajstić information content (AvgIpc) is 3.29. The van der Waals surface area contributed by atoms with Crippen molar-refractivity contribution in [2.24, 2.45) is 0 Å². The molecule has 1 fully saturated rings. The van der Waals surface area contributed by atoms with Crippen LogP contribution in [0.15, 0.2) is 52.9 Å². The molecule has 1 atom stereocenters. The van der Waals surface area contributed by atoms with Gasteiger partial charge >= 0.3 is 0 Å². The van der Waals surface area contributed by atoms with Gasteiger partial charge in [-0.25, -0.2) is 13.1 Å². The smallest absolute Gasteiger partial charge is 0.270 e. The van der Waals surface area contributed by atoms with E-state index in [0.717, 1.165) is 35.7 Å². The maximum atomic E-state index is 12.8. The lowest BCUT2D eigenvalue weighted by molar-refractivity contribution is 0.102. The van der Waals surface area contributed by atoms with Crippen LogP contribution in [0.2, 0.25) is 5.02 Å². The molecule has 1 saturated heterocycles. The number of carbonyl (C=O) groups excluding carboxylic acids is 1. The molecule has 11 heteroatoms. The summed E-state index contributed by atoms with van der Waals surface area (Å²) in [5.74, 6) is -0.490. The third kappa shape index (κ3) is 5.70. The minimum absolute atomic E-state index is 0.0684. The number of sulfonamides is 1. The molecule has 8 nitrogen and oxygen atoms in total. The number of benzene rings is 2. The minimum atomic E-state index is -3.92. The molecule has 174 valence electrons. The maximum absolute atomic E-state index is 12.8. The zero-order valence-corrected chi connectivity index (χ0v) is 20.4. The summed E-state index contributed by atoms with van der Waals surface area (Å²) >= 11 is 6.80. The van der Waals surface area contributed by atoms with Crippen LogP contribution in [0.4, 0.5) is 10.8 Å². The first kappa shape index (κ1) is 23.6. The second kappa shape index (κ2) is 10.2. The van der Waals surface area contributed by atoms with Gasteiger partial charge in [0.1, 0.15) is 0 Å². The van der Waals surface area contributed by atoms with Crippen molar-refractivity contribution in [3.63, 3.8) is 0 Å². The lowest BCUT2D eigenvalue weighted by Crippen LogP contribution is -2.29. The molecule has 0 bridgehead atoms. The zero-order valence-electron chi connectivity index (χ0n) is 18.0. The van der Waals surface area contributed by atoms with Crippen molar-refractivity contribution < 1.29 is 13.2 Å². The number of amides is 1.